The van der Waals surface area contributed by atoms with Crippen LogP contribution in [0.5, 0.6) is 0 Å². The molecule has 3 rings (SSSR count). The first-order valence-electron chi connectivity index (χ1n) is 12.3. The van der Waals surface area contributed by atoms with Gasteiger partial charge in [0.15, 0.2) is 0 Å². The van der Waals surface area contributed by atoms with Crippen molar-refractivity contribution in [2.75, 3.05) is 0 Å². The quantitative estimate of drug-likeness (QED) is 0.375. The monoisotopic (exact) mass is 428 g/mol. The molecule has 0 aromatic heterocycles. The Kier molecular flexibility index (Phi) is 7.54. The van der Waals surface area contributed by atoms with E-state index < -0.39 is 0 Å². The number of rotatable bonds is 8. The Balaban J connectivity index is 2.27. The molecule has 0 amide bonds. The molecule has 170 valence electrons. The van der Waals surface area contributed by atoms with E-state index in [2.05, 4.69) is 79.7 Å². The lowest BCUT2D eigenvalue weighted by atomic mass is 9.90. The lowest BCUT2D eigenvalue weighted by Crippen LogP contribution is -2.05. The summed E-state index contributed by atoms with van der Waals surface area (Å²) in [5.74, 6) is 0. The number of aryl methyl sites for hydroxylation is 4. The maximum Gasteiger partial charge on any atom is 0.211 e. The molecule has 0 saturated carbocycles. The fourth-order valence-electron chi connectivity index (χ4n) is 4.84. The van der Waals surface area contributed by atoms with Crippen molar-refractivity contribution in [3.05, 3.63) is 85.5 Å². The van der Waals surface area contributed by atoms with Crippen molar-refractivity contribution >= 4 is 11.4 Å². The van der Waals surface area contributed by atoms with Gasteiger partial charge in [-0.3, -0.25) is 0 Å². The lowest BCUT2D eigenvalue weighted by Gasteiger charge is -2.14. The van der Waals surface area contributed by atoms with Crippen LogP contribution in [0.2, 0.25) is 0 Å². The molecule has 0 saturated heterocycles. The van der Waals surface area contributed by atoms with Crippen molar-refractivity contribution in [2.24, 2.45) is 0 Å². The molecule has 1 heterocycles. The van der Waals surface area contributed by atoms with Crippen LogP contribution in [0, 0.1) is 41.5 Å². The first-order valence-corrected chi connectivity index (χ1v) is 12.3. The molecular weight excluding hydrogens is 388 g/mol. The summed E-state index contributed by atoms with van der Waals surface area (Å²) in [6, 6.07) is 9.00. The minimum absolute atomic E-state index is 0.988. The zero-order valence-electron chi connectivity index (χ0n) is 21.4. The summed E-state index contributed by atoms with van der Waals surface area (Å²) in [6.07, 6.45) is 6.56. The largest absolute Gasteiger partial charge is 0.493 e. The van der Waals surface area contributed by atoms with Crippen molar-refractivity contribution in [1.82, 2.24) is 0 Å². The second-order valence-corrected chi connectivity index (χ2v) is 9.64. The number of hydrogen-bond acceptors (Lipinski definition) is 0. The minimum atomic E-state index is 0.988. The van der Waals surface area contributed by atoms with Gasteiger partial charge in [-0.2, -0.15) is 0 Å². The molecule has 2 heteroatoms. The summed E-state index contributed by atoms with van der Waals surface area (Å²) in [5, 5.41) is 0. The number of allylic oxidation sites excluding steroid dienone is 2. The van der Waals surface area contributed by atoms with Gasteiger partial charge in [-0.15, -0.1) is 0 Å². The zero-order chi connectivity index (χ0) is 23.6. The highest BCUT2D eigenvalue weighted by molar-refractivity contribution is 5.82. The number of benzene rings is 2. The highest BCUT2D eigenvalue weighted by Gasteiger charge is 2.35. The van der Waals surface area contributed by atoms with Crippen LogP contribution in [0.4, 0.5) is 0 Å². The van der Waals surface area contributed by atoms with Crippen molar-refractivity contribution in [3.8, 4) is 0 Å². The van der Waals surface area contributed by atoms with E-state index >= 15 is 0 Å². The van der Waals surface area contributed by atoms with Gasteiger partial charge in [-0.05, 0) is 125 Å². The van der Waals surface area contributed by atoms with Gasteiger partial charge in [0.05, 0.1) is 0 Å². The maximum absolute atomic E-state index is 11.7. The molecule has 0 aliphatic carbocycles. The lowest BCUT2D eigenvalue weighted by molar-refractivity contribution is -0.345. The Hall–Kier alpha value is -2.48. The van der Waals surface area contributed by atoms with Crippen LogP contribution in [-0.4, -0.2) is 4.70 Å². The Morgan fingerprint density at radius 1 is 0.594 bits per heavy atom. The van der Waals surface area contributed by atoms with Gasteiger partial charge in [-0.25, -0.2) is 4.70 Å². The third-order valence-electron chi connectivity index (χ3n) is 7.32. The van der Waals surface area contributed by atoms with Gasteiger partial charge < -0.3 is 5.53 Å². The van der Waals surface area contributed by atoms with Crippen LogP contribution >= 0.6 is 0 Å². The van der Waals surface area contributed by atoms with Gasteiger partial charge >= 0.3 is 0 Å². The van der Waals surface area contributed by atoms with E-state index in [4.69, 9.17) is 0 Å². The number of nitrogens with zero attached hydrogens (tertiary/aromatic N) is 2. The van der Waals surface area contributed by atoms with Crippen molar-refractivity contribution in [3.63, 3.8) is 0 Å². The molecule has 32 heavy (non-hydrogen) atoms. The molecule has 0 fully saturated rings. The van der Waals surface area contributed by atoms with Crippen LogP contribution in [0.15, 0.2) is 35.4 Å². The number of hydrogen-bond donors (Lipinski definition) is 0. The molecule has 0 bridgehead atoms. The van der Waals surface area contributed by atoms with Gasteiger partial charge in [0.25, 0.3) is 0 Å². The van der Waals surface area contributed by atoms with Crippen molar-refractivity contribution < 1.29 is 4.70 Å². The molecule has 2 nitrogen and oxygen atoms in total. The Morgan fingerprint density at radius 2 is 0.906 bits per heavy atom. The van der Waals surface area contributed by atoms with Crippen LogP contribution in [-0.2, 0) is 0 Å². The molecule has 0 spiro atoms. The molecule has 0 atom stereocenters. The van der Waals surface area contributed by atoms with E-state index in [1.165, 1.54) is 49.2 Å². The summed E-state index contributed by atoms with van der Waals surface area (Å²) in [7, 11) is 0. The fraction of sp³-hybridized carbons (Fsp3) is 0.467. The molecule has 1 aliphatic heterocycles. The molecular formula is C30H40N2. The molecule has 2 aromatic carbocycles. The Bertz CT molecular complexity index is 978. The van der Waals surface area contributed by atoms with Crippen LogP contribution in [0.25, 0.3) is 16.9 Å². The first kappa shape index (κ1) is 24.2. The average Bonchev–Trinajstić information content (AvgIpc) is 3.03. The Labute approximate surface area is 195 Å². The SMILES string of the molecule is CCCCC1=C(c2cc(C)c(C)c(C)c2)[N+](=[N-])C(c2cc(C)c(C)c(C)c2)=C1CCCC. The van der Waals surface area contributed by atoms with E-state index in [0.29, 0.717) is 0 Å². The van der Waals surface area contributed by atoms with E-state index in [0.717, 1.165) is 61.0 Å². The van der Waals surface area contributed by atoms with E-state index in [-0.39, 0.29) is 0 Å². The second kappa shape index (κ2) is 9.98. The predicted octanol–water partition coefficient (Wildman–Crippen LogP) is 9.09. The second-order valence-electron chi connectivity index (χ2n) is 9.64. The standard InChI is InChI=1S/C30H40N2/c1-9-11-13-27-28(14-12-10-2)30(26-17-21(5)24(8)22(6)18-26)32(31)29(27)25-15-19(3)23(7)20(4)16-25/h15-18H,9-14H2,1-8H3. The molecule has 0 radical (unpaired) electrons. The first-order chi connectivity index (χ1) is 15.2. The topological polar surface area (TPSA) is 25.3 Å². The van der Waals surface area contributed by atoms with E-state index in [1.54, 1.807) is 0 Å². The minimum Gasteiger partial charge on any atom is -0.493 e. The van der Waals surface area contributed by atoms with E-state index in [9.17, 15) is 5.53 Å². The third-order valence-corrected chi connectivity index (χ3v) is 7.32. The number of unbranched alkanes of at least 4 members (excludes halogenated alkanes) is 2. The van der Waals surface area contributed by atoms with Crippen molar-refractivity contribution in [1.29, 1.82) is 0 Å². The maximum atomic E-state index is 11.7. The highest BCUT2D eigenvalue weighted by Crippen LogP contribution is 2.45. The summed E-state index contributed by atoms with van der Waals surface area (Å²) < 4.78 is 1.52. The van der Waals surface area contributed by atoms with Gasteiger partial charge in [0.2, 0.25) is 11.4 Å². The molecule has 1 aliphatic rings. The van der Waals surface area contributed by atoms with Crippen LogP contribution < -0.4 is 0 Å². The smallest absolute Gasteiger partial charge is 0.211 e. The third kappa shape index (κ3) is 4.51. The zero-order valence-corrected chi connectivity index (χ0v) is 21.4. The highest BCUT2D eigenvalue weighted by atomic mass is 15.2. The molecule has 0 N–H and O–H groups in total. The fourth-order valence-corrected chi connectivity index (χ4v) is 4.84. The summed E-state index contributed by atoms with van der Waals surface area (Å²) in [6.45, 7) is 17.5. The van der Waals surface area contributed by atoms with Crippen LogP contribution in [0.3, 0.4) is 0 Å². The van der Waals surface area contributed by atoms with Crippen molar-refractivity contribution in [2.45, 2.75) is 93.9 Å². The predicted molar refractivity (Wildman–Crippen MR) is 138 cm³/mol. The molecule has 2 aromatic rings. The summed E-state index contributed by atoms with van der Waals surface area (Å²) in [4.78, 5) is 0. The Morgan fingerprint density at radius 3 is 1.19 bits per heavy atom. The normalized spacial score (nSPS) is 14.2. The van der Waals surface area contributed by atoms with Gasteiger partial charge in [0.1, 0.15) is 0 Å². The average molecular weight is 429 g/mol. The van der Waals surface area contributed by atoms with E-state index in [1.807, 2.05) is 0 Å². The summed E-state index contributed by atoms with van der Waals surface area (Å²) in [5.41, 5.74) is 26.4. The van der Waals surface area contributed by atoms with Crippen LogP contribution in [0.1, 0.15) is 96.9 Å². The van der Waals surface area contributed by atoms with Gasteiger partial charge in [0, 0.05) is 22.3 Å². The van der Waals surface area contributed by atoms with Gasteiger partial charge in [-0.1, -0.05) is 26.7 Å². The molecule has 0 unspecified atom stereocenters. The summed E-state index contributed by atoms with van der Waals surface area (Å²) >= 11 is 0.